The third-order valence-corrected chi connectivity index (χ3v) is 2.40. The summed E-state index contributed by atoms with van der Waals surface area (Å²) in [5.41, 5.74) is 6.27. The molecule has 5 heteroatoms. The number of aromatic nitrogens is 2. The summed E-state index contributed by atoms with van der Waals surface area (Å²) in [6.45, 7) is 3.65. The molecule has 0 bridgehead atoms. The van der Waals surface area contributed by atoms with Crippen molar-refractivity contribution in [2.45, 2.75) is 31.7 Å². The molecule has 0 radical (unpaired) electrons. The quantitative estimate of drug-likeness (QED) is 0.768. The van der Waals surface area contributed by atoms with Crippen LogP contribution in [0.5, 0.6) is 0 Å². The number of rotatable bonds is 4. The molecule has 0 fully saturated rings. The number of hydrogen-bond acceptors (Lipinski definition) is 3. The molecular formula is C10H17N3O2. The van der Waals surface area contributed by atoms with Crippen LogP contribution in [0.2, 0.25) is 0 Å². The molecule has 0 aliphatic carbocycles. The smallest absolute Gasteiger partial charge is 0.304 e. The zero-order valence-electron chi connectivity index (χ0n) is 9.27. The minimum absolute atomic E-state index is 0.0230. The van der Waals surface area contributed by atoms with Gasteiger partial charge in [-0.2, -0.15) is 5.10 Å². The normalized spacial score (nSPS) is 13.9. The second-order valence-corrected chi connectivity index (χ2v) is 4.42. The lowest BCUT2D eigenvalue weighted by Gasteiger charge is -2.28. The summed E-state index contributed by atoms with van der Waals surface area (Å²) in [7, 11) is 1.80. The van der Waals surface area contributed by atoms with Gasteiger partial charge in [-0.3, -0.25) is 9.48 Å². The van der Waals surface area contributed by atoms with Crippen molar-refractivity contribution in [2.24, 2.45) is 12.8 Å². The molecule has 3 N–H and O–H groups in total. The zero-order valence-corrected chi connectivity index (χ0v) is 9.27. The molecule has 1 atom stereocenters. The lowest BCUT2D eigenvalue weighted by Crippen LogP contribution is -2.40. The summed E-state index contributed by atoms with van der Waals surface area (Å²) >= 11 is 0. The van der Waals surface area contributed by atoms with Crippen LogP contribution in [0.1, 0.15) is 31.7 Å². The lowest BCUT2D eigenvalue weighted by atomic mass is 9.82. The molecule has 5 nitrogen and oxygen atoms in total. The minimum atomic E-state index is -0.845. The van der Waals surface area contributed by atoms with E-state index in [9.17, 15) is 4.79 Å². The van der Waals surface area contributed by atoms with Gasteiger partial charge in [-0.15, -0.1) is 0 Å². The molecular weight excluding hydrogens is 194 g/mol. The Labute approximate surface area is 88.9 Å². The Hall–Kier alpha value is -1.36. The first kappa shape index (κ1) is 11.7. The van der Waals surface area contributed by atoms with E-state index in [2.05, 4.69) is 5.10 Å². The van der Waals surface area contributed by atoms with Gasteiger partial charge in [-0.25, -0.2) is 0 Å². The van der Waals surface area contributed by atoms with E-state index in [-0.39, 0.29) is 12.3 Å². The van der Waals surface area contributed by atoms with Crippen LogP contribution in [0.4, 0.5) is 0 Å². The van der Waals surface area contributed by atoms with Gasteiger partial charge in [0.25, 0.3) is 0 Å². The fraction of sp³-hybridized carbons (Fsp3) is 0.600. The third-order valence-electron chi connectivity index (χ3n) is 2.40. The Morgan fingerprint density at radius 1 is 1.73 bits per heavy atom. The second kappa shape index (κ2) is 4.02. The summed E-state index contributed by atoms with van der Waals surface area (Å²) in [6, 6.07) is 0. The van der Waals surface area contributed by atoms with Crippen LogP contribution in [0.3, 0.4) is 0 Å². The minimum Gasteiger partial charge on any atom is -0.481 e. The van der Waals surface area contributed by atoms with E-state index in [4.69, 9.17) is 10.8 Å². The van der Waals surface area contributed by atoms with E-state index in [1.54, 1.807) is 17.9 Å². The van der Waals surface area contributed by atoms with E-state index in [1.807, 2.05) is 20.0 Å². The molecule has 0 aliphatic rings. The monoisotopic (exact) mass is 211 g/mol. The predicted octanol–water partition coefficient (Wildman–Crippen LogP) is 0.716. The first-order valence-electron chi connectivity index (χ1n) is 4.80. The second-order valence-electron chi connectivity index (χ2n) is 4.42. The Morgan fingerprint density at radius 2 is 2.33 bits per heavy atom. The molecule has 0 saturated carbocycles. The van der Waals surface area contributed by atoms with Crippen molar-refractivity contribution in [1.29, 1.82) is 0 Å². The molecule has 1 rings (SSSR count). The van der Waals surface area contributed by atoms with Crippen LogP contribution in [-0.4, -0.2) is 26.4 Å². The van der Waals surface area contributed by atoms with Crippen molar-refractivity contribution in [3.8, 4) is 0 Å². The maximum Gasteiger partial charge on any atom is 0.304 e. The molecule has 0 saturated heterocycles. The summed E-state index contributed by atoms with van der Waals surface area (Å²) in [5.74, 6) is -1.06. The highest BCUT2D eigenvalue weighted by molar-refractivity contribution is 5.68. The predicted molar refractivity (Wildman–Crippen MR) is 56.5 cm³/mol. The fourth-order valence-corrected chi connectivity index (χ4v) is 1.61. The third kappa shape index (κ3) is 3.06. The molecule has 0 amide bonds. The standard InChI is InChI=1S/C10H17N3O2/c1-10(2,11)8(4-9(14)15)7-5-12-13(3)6-7/h5-6,8H,4,11H2,1-3H3,(H,14,15). The van der Waals surface area contributed by atoms with Gasteiger partial charge in [0.2, 0.25) is 0 Å². The number of carboxylic acid groups (broad SMARTS) is 1. The molecule has 0 aliphatic heterocycles. The van der Waals surface area contributed by atoms with Gasteiger partial charge in [-0.05, 0) is 19.4 Å². The number of aryl methyl sites for hydroxylation is 1. The van der Waals surface area contributed by atoms with E-state index in [1.165, 1.54) is 0 Å². The Morgan fingerprint density at radius 3 is 2.67 bits per heavy atom. The largest absolute Gasteiger partial charge is 0.481 e. The summed E-state index contributed by atoms with van der Waals surface area (Å²) < 4.78 is 1.65. The highest BCUT2D eigenvalue weighted by atomic mass is 16.4. The van der Waals surface area contributed by atoms with Crippen LogP contribution < -0.4 is 5.73 Å². The van der Waals surface area contributed by atoms with Crippen molar-refractivity contribution in [2.75, 3.05) is 0 Å². The van der Waals surface area contributed by atoms with Crippen molar-refractivity contribution < 1.29 is 9.90 Å². The van der Waals surface area contributed by atoms with Crippen LogP contribution in [0.25, 0.3) is 0 Å². The van der Waals surface area contributed by atoms with Crippen molar-refractivity contribution >= 4 is 5.97 Å². The SMILES string of the molecule is Cn1cc(C(CC(=O)O)C(C)(C)N)cn1. The highest BCUT2D eigenvalue weighted by Gasteiger charge is 2.29. The molecule has 1 heterocycles. The molecule has 0 spiro atoms. The maximum absolute atomic E-state index is 10.8. The van der Waals surface area contributed by atoms with Crippen LogP contribution in [-0.2, 0) is 11.8 Å². The van der Waals surface area contributed by atoms with Gasteiger partial charge in [0.05, 0.1) is 12.6 Å². The van der Waals surface area contributed by atoms with Gasteiger partial charge in [0.15, 0.2) is 0 Å². The van der Waals surface area contributed by atoms with Gasteiger partial charge >= 0.3 is 5.97 Å². The van der Waals surface area contributed by atoms with Gasteiger partial charge in [-0.1, -0.05) is 0 Å². The molecule has 0 aromatic carbocycles. The molecule has 1 aromatic heterocycles. The van der Waals surface area contributed by atoms with E-state index in [0.29, 0.717) is 0 Å². The number of hydrogen-bond donors (Lipinski definition) is 2. The van der Waals surface area contributed by atoms with Crippen molar-refractivity contribution in [1.82, 2.24) is 9.78 Å². The lowest BCUT2D eigenvalue weighted by molar-refractivity contribution is -0.137. The van der Waals surface area contributed by atoms with E-state index >= 15 is 0 Å². The average molecular weight is 211 g/mol. The van der Waals surface area contributed by atoms with Crippen molar-refractivity contribution in [3.05, 3.63) is 18.0 Å². The molecule has 15 heavy (non-hydrogen) atoms. The maximum atomic E-state index is 10.8. The van der Waals surface area contributed by atoms with Crippen LogP contribution in [0.15, 0.2) is 12.4 Å². The van der Waals surface area contributed by atoms with Crippen LogP contribution >= 0.6 is 0 Å². The Kier molecular flexibility index (Phi) is 3.14. The Bertz CT molecular complexity index is 352. The zero-order chi connectivity index (χ0) is 11.6. The number of aliphatic carboxylic acids is 1. The highest BCUT2D eigenvalue weighted by Crippen LogP contribution is 2.28. The molecule has 1 unspecified atom stereocenters. The number of carboxylic acids is 1. The summed E-state index contributed by atoms with van der Waals surface area (Å²) in [6.07, 6.45) is 3.50. The molecule has 84 valence electrons. The van der Waals surface area contributed by atoms with Crippen LogP contribution in [0, 0.1) is 0 Å². The van der Waals surface area contributed by atoms with Gasteiger partial charge in [0.1, 0.15) is 0 Å². The summed E-state index contributed by atoms with van der Waals surface area (Å²) in [5, 5.41) is 12.9. The van der Waals surface area contributed by atoms with Gasteiger partial charge in [0, 0.05) is 24.7 Å². The Balaban J connectivity index is 2.96. The average Bonchev–Trinajstić information content (AvgIpc) is 2.45. The molecule has 1 aromatic rings. The number of carbonyl (C=O) groups is 1. The first-order chi connectivity index (χ1) is 6.80. The van der Waals surface area contributed by atoms with Crippen molar-refractivity contribution in [3.63, 3.8) is 0 Å². The van der Waals surface area contributed by atoms with Gasteiger partial charge < -0.3 is 10.8 Å². The topological polar surface area (TPSA) is 81.1 Å². The number of nitrogens with zero attached hydrogens (tertiary/aromatic N) is 2. The summed E-state index contributed by atoms with van der Waals surface area (Å²) in [4.78, 5) is 10.8. The van der Waals surface area contributed by atoms with E-state index in [0.717, 1.165) is 5.56 Å². The van der Waals surface area contributed by atoms with E-state index < -0.39 is 11.5 Å². The fourth-order valence-electron chi connectivity index (χ4n) is 1.61. The number of nitrogens with two attached hydrogens (primary N) is 1. The first-order valence-corrected chi connectivity index (χ1v) is 4.80.